The average Bonchev–Trinajstić information content (AvgIpc) is 3.56. The van der Waals surface area contributed by atoms with Crippen molar-refractivity contribution in [3.05, 3.63) is 101 Å². The lowest BCUT2D eigenvalue weighted by Gasteiger charge is -2.28. The minimum atomic E-state index is -4.60. The highest BCUT2D eigenvalue weighted by molar-refractivity contribution is 5.95. The van der Waals surface area contributed by atoms with Gasteiger partial charge >= 0.3 is 17.9 Å². The molecule has 0 aliphatic carbocycles. The molecule has 3 aromatic carbocycles. The predicted octanol–water partition coefficient (Wildman–Crippen LogP) is 5.56. The normalized spacial score (nSPS) is 18.2. The number of hydrogen-bond acceptors (Lipinski definition) is 3. The third-order valence-electron chi connectivity index (χ3n) is 7.00. The molecule has 2 aliphatic rings. The molecule has 1 aromatic heterocycles. The molecule has 3 heterocycles. The Morgan fingerprint density at radius 3 is 2.46 bits per heavy atom. The predicted molar refractivity (Wildman–Crippen MR) is 131 cm³/mol. The SMILES string of the molecule is O=C(Nc1ccccc1-c1ccccc1)N1C[C@@H]2C[C@H]1c1c(O)n(-c3cccc(C(F)(F)F)c3)c(=O)n12. The second kappa shape index (κ2) is 8.29. The molecule has 2 N–H and O–H groups in total. The average molecular weight is 506 g/mol. The number of likely N-dealkylation sites (tertiary alicyclic amines) is 1. The number of nitrogens with zero attached hydrogens (tertiary/aromatic N) is 3. The van der Waals surface area contributed by atoms with Crippen LogP contribution in [0.15, 0.2) is 83.7 Å². The van der Waals surface area contributed by atoms with Crippen LogP contribution in [-0.4, -0.2) is 31.7 Å². The number of aromatic hydroxyl groups is 1. The Labute approximate surface area is 209 Å². The number of nitrogens with one attached hydrogen (secondary N) is 1. The van der Waals surface area contributed by atoms with E-state index in [4.69, 9.17) is 0 Å². The molecule has 0 saturated carbocycles. The first kappa shape index (κ1) is 23.0. The number of imidazole rings is 1. The van der Waals surface area contributed by atoms with E-state index in [-0.39, 0.29) is 30.0 Å². The molecule has 0 radical (unpaired) electrons. The summed E-state index contributed by atoms with van der Waals surface area (Å²) < 4.78 is 42.0. The van der Waals surface area contributed by atoms with E-state index in [9.17, 15) is 27.9 Å². The van der Waals surface area contributed by atoms with Gasteiger partial charge in [-0.15, -0.1) is 0 Å². The standard InChI is InChI=1S/C27H21F3N4O3/c28-27(29,30)17-9-6-10-18(13-17)34-24(35)23-22-14-19(33(23)26(34)37)15-32(22)25(36)31-21-12-5-4-11-20(21)16-7-2-1-3-8-16/h1-13,19,22,35H,14-15H2,(H,31,36)/t19-,22-/m0/s1. The molecule has 10 heteroatoms. The van der Waals surface area contributed by atoms with E-state index in [0.717, 1.165) is 27.8 Å². The van der Waals surface area contributed by atoms with Gasteiger partial charge in [-0.2, -0.15) is 13.2 Å². The van der Waals surface area contributed by atoms with Crippen LogP contribution in [0.25, 0.3) is 16.8 Å². The lowest BCUT2D eigenvalue weighted by atomic mass is 10.0. The molecule has 4 aromatic rings. The zero-order valence-corrected chi connectivity index (χ0v) is 19.3. The van der Waals surface area contributed by atoms with Crippen LogP contribution in [0.2, 0.25) is 0 Å². The van der Waals surface area contributed by atoms with Gasteiger partial charge in [0.05, 0.1) is 29.0 Å². The van der Waals surface area contributed by atoms with Gasteiger partial charge in [0.25, 0.3) is 0 Å². The number of anilines is 1. The van der Waals surface area contributed by atoms with Crippen molar-refractivity contribution in [2.24, 2.45) is 0 Å². The summed E-state index contributed by atoms with van der Waals surface area (Å²) in [5.74, 6) is -0.459. The highest BCUT2D eigenvalue weighted by Crippen LogP contribution is 2.49. The van der Waals surface area contributed by atoms with Crippen molar-refractivity contribution in [2.75, 3.05) is 11.9 Å². The second-order valence-corrected chi connectivity index (χ2v) is 9.14. The third kappa shape index (κ3) is 3.67. The van der Waals surface area contributed by atoms with Crippen molar-refractivity contribution in [3.8, 4) is 22.7 Å². The van der Waals surface area contributed by atoms with E-state index in [1.807, 2.05) is 48.5 Å². The van der Waals surface area contributed by atoms with Crippen molar-refractivity contribution in [1.82, 2.24) is 14.0 Å². The number of fused-ring (bicyclic) bond motifs is 5. The minimum absolute atomic E-state index is 0.0913. The maximum Gasteiger partial charge on any atom is 0.416 e. The fourth-order valence-corrected chi connectivity index (χ4v) is 5.37. The highest BCUT2D eigenvalue weighted by atomic mass is 19.4. The minimum Gasteiger partial charge on any atom is -0.493 e. The van der Waals surface area contributed by atoms with Gasteiger partial charge in [-0.05, 0) is 36.2 Å². The molecule has 0 spiro atoms. The van der Waals surface area contributed by atoms with Crippen molar-refractivity contribution in [1.29, 1.82) is 0 Å². The summed E-state index contributed by atoms with van der Waals surface area (Å²) in [5.41, 5.74) is 0.973. The summed E-state index contributed by atoms with van der Waals surface area (Å²) >= 11 is 0. The van der Waals surface area contributed by atoms with Gasteiger partial charge in [0, 0.05) is 12.1 Å². The fourth-order valence-electron chi connectivity index (χ4n) is 5.37. The summed E-state index contributed by atoms with van der Waals surface area (Å²) in [6, 6.07) is 19.9. The van der Waals surface area contributed by atoms with Gasteiger partial charge in [-0.3, -0.25) is 4.57 Å². The summed E-state index contributed by atoms with van der Waals surface area (Å²) in [5, 5.41) is 13.9. The maximum absolute atomic E-state index is 13.3. The number of halogens is 3. The van der Waals surface area contributed by atoms with E-state index < -0.39 is 29.4 Å². The molecule has 2 amide bonds. The molecule has 6 rings (SSSR count). The van der Waals surface area contributed by atoms with Crippen LogP contribution in [0.4, 0.5) is 23.7 Å². The van der Waals surface area contributed by atoms with Crippen LogP contribution in [-0.2, 0) is 6.18 Å². The van der Waals surface area contributed by atoms with E-state index in [0.29, 0.717) is 12.1 Å². The van der Waals surface area contributed by atoms with E-state index >= 15 is 0 Å². The quantitative estimate of drug-likeness (QED) is 0.382. The second-order valence-electron chi connectivity index (χ2n) is 9.14. The number of urea groups is 1. The van der Waals surface area contributed by atoms with Crippen LogP contribution in [0, 0.1) is 0 Å². The molecule has 2 bridgehead atoms. The number of rotatable bonds is 3. The number of carbonyl (C=O) groups is 1. The van der Waals surface area contributed by atoms with Gasteiger partial charge in [0.1, 0.15) is 5.69 Å². The molecule has 37 heavy (non-hydrogen) atoms. The summed E-state index contributed by atoms with van der Waals surface area (Å²) in [6.07, 6.45) is -4.16. The van der Waals surface area contributed by atoms with E-state index in [1.165, 1.54) is 16.7 Å². The summed E-state index contributed by atoms with van der Waals surface area (Å²) in [7, 11) is 0. The molecule has 188 valence electrons. The lowest BCUT2D eigenvalue weighted by molar-refractivity contribution is -0.137. The number of amides is 2. The first-order chi connectivity index (χ1) is 17.7. The zero-order valence-electron chi connectivity index (χ0n) is 19.3. The van der Waals surface area contributed by atoms with Crippen LogP contribution in [0.5, 0.6) is 5.88 Å². The van der Waals surface area contributed by atoms with Crippen LogP contribution < -0.4 is 11.0 Å². The largest absolute Gasteiger partial charge is 0.493 e. The Morgan fingerprint density at radius 1 is 0.973 bits per heavy atom. The van der Waals surface area contributed by atoms with Gasteiger partial charge in [-0.25, -0.2) is 14.2 Å². The summed E-state index contributed by atoms with van der Waals surface area (Å²) in [6.45, 7) is 0.239. The molecular weight excluding hydrogens is 485 g/mol. The molecule has 2 atom stereocenters. The Kier molecular flexibility index (Phi) is 5.15. The van der Waals surface area contributed by atoms with Crippen LogP contribution >= 0.6 is 0 Å². The molecule has 7 nitrogen and oxygen atoms in total. The zero-order chi connectivity index (χ0) is 25.9. The number of benzene rings is 3. The molecule has 2 aliphatic heterocycles. The molecule has 1 fully saturated rings. The first-order valence-corrected chi connectivity index (χ1v) is 11.7. The number of carbonyl (C=O) groups excluding carboxylic acids is 1. The lowest BCUT2D eigenvalue weighted by Crippen LogP contribution is -2.40. The molecular formula is C27H21F3N4O3. The highest BCUT2D eigenvalue weighted by Gasteiger charge is 2.49. The van der Waals surface area contributed by atoms with E-state index in [1.54, 1.807) is 11.0 Å². The Bertz CT molecular complexity index is 1580. The third-order valence-corrected chi connectivity index (χ3v) is 7.00. The first-order valence-electron chi connectivity index (χ1n) is 11.7. The van der Waals surface area contributed by atoms with Crippen molar-refractivity contribution in [2.45, 2.75) is 24.7 Å². The van der Waals surface area contributed by atoms with Gasteiger partial charge < -0.3 is 15.3 Å². The van der Waals surface area contributed by atoms with Crippen LogP contribution in [0.1, 0.15) is 29.8 Å². The summed E-state index contributed by atoms with van der Waals surface area (Å²) in [4.78, 5) is 28.1. The maximum atomic E-state index is 13.3. The van der Waals surface area contributed by atoms with Crippen molar-refractivity contribution < 1.29 is 23.1 Å². The van der Waals surface area contributed by atoms with Crippen molar-refractivity contribution >= 4 is 11.7 Å². The Hall–Kier alpha value is -4.47. The fraction of sp³-hybridized carbons (Fsp3) is 0.185. The van der Waals surface area contributed by atoms with E-state index in [2.05, 4.69) is 5.32 Å². The van der Waals surface area contributed by atoms with Crippen LogP contribution in [0.3, 0.4) is 0 Å². The molecule has 0 unspecified atom stereocenters. The number of alkyl halides is 3. The number of hydrogen-bond donors (Lipinski definition) is 2. The van der Waals surface area contributed by atoms with Crippen molar-refractivity contribution in [3.63, 3.8) is 0 Å². The Balaban J connectivity index is 1.32. The number of para-hydroxylation sites is 1. The topological polar surface area (TPSA) is 79.5 Å². The monoisotopic (exact) mass is 506 g/mol. The number of aromatic nitrogens is 2. The smallest absolute Gasteiger partial charge is 0.416 e. The van der Waals surface area contributed by atoms with Gasteiger partial charge in [-0.1, -0.05) is 54.6 Å². The Morgan fingerprint density at radius 2 is 1.70 bits per heavy atom. The molecule has 1 saturated heterocycles. The van der Waals surface area contributed by atoms with Gasteiger partial charge in [0.2, 0.25) is 5.88 Å². The van der Waals surface area contributed by atoms with Gasteiger partial charge in [0.15, 0.2) is 0 Å².